The first-order chi connectivity index (χ1) is 12.0. The van der Waals surface area contributed by atoms with Crippen molar-refractivity contribution >= 4 is 16.8 Å². The van der Waals surface area contributed by atoms with E-state index in [-0.39, 0.29) is 11.7 Å². The van der Waals surface area contributed by atoms with Crippen LogP contribution >= 0.6 is 0 Å². The monoisotopic (exact) mass is 340 g/mol. The van der Waals surface area contributed by atoms with Crippen LogP contribution in [-0.2, 0) is 0 Å². The fourth-order valence-corrected chi connectivity index (χ4v) is 2.53. The Bertz CT molecular complexity index is 957. The van der Waals surface area contributed by atoms with Crippen molar-refractivity contribution < 1.29 is 18.7 Å². The van der Waals surface area contributed by atoms with Crippen LogP contribution in [0.4, 0.5) is 4.39 Å². The molecule has 6 heteroatoms. The largest absolute Gasteiger partial charge is 0.496 e. The van der Waals surface area contributed by atoms with Crippen molar-refractivity contribution in [2.75, 3.05) is 14.2 Å². The Hall–Kier alpha value is -3.15. The molecule has 0 aliphatic heterocycles. The highest BCUT2D eigenvalue weighted by atomic mass is 19.1. The molecule has 0 spiro atoms. The number of benzene rings is 2. The van der Waals surface area contributed by atoms with Gasteiger partial charge in [0.1, 0.15) is 11.5 Å². The summed E-state index contributed by atoms with van der Waals surface area (Å²) in [6.07, 6.45) is 1.56. The Morgan fingerprint density at radius 2 is 1.92 bits per heavy atom. The van der Waals surface area contributed by atoms with E-state index in [1.165, 1.54) is 20.2 Å². The minimum atomic E-state index is -0.454. The van der Waals surface area contributed by atoms with E-state index in [4.69, 9.17) is 9.47 Å². The number of halogens is 1. The second-order valence-electron chi connectivity index (χ2n) is 5.49. The lowest BCUT2D eigenvalue weighted by atomic mass is 10.1. The number of hydrogen-bond acceptors (Lipinski definition) is 4. The summed E-state index contributed by atoms with van der Waals surface area (Å²) in [4.78, 5) is 16.4. The fraction of sp³-hybridized carbons (Fsp3) is 0.158. The zero-order chi connectivity index (χ0) is 18.0. The Balaban J connectivity index is 2.13. The van der Waals surface area contributed by atoms with E-state index in [1.807, 2.05) is 0 Å². The van der Waals surface area contributed by atoms with E-state index in [0.29, 0.717) is 28.0 Å². The minimum Gasteiger partial charge on any atom is -0.496 e. The first-order valence-electron chi connectivity index (χ1n) is 7.66. The number of fused-ring (bicyclic) bond motifs is 1. The molecule has 1 heterocycles. The van der Waals surface area contributed by atoms with Crippen LogP contribution in [-0.4, -0.2) is 25.0 Å². The number of ether oxygens (including phenoxy) is 2. The van der Waals surface area contributed by atoms with Gasteiger partial charge in [0.15, 0.2) is 11.6 Å². The van der Waals surface area contributed by atoms with Crippen LogP contribution in [0.1, 0.15) is 15.9 Å². The maximum absolute atomic E-state index is 14.1. The summed E-state index contributed by atoms with van der Waals surface area (Å²) in [6.45, 7) is 1.80. The molecule has 25 heavy (non-hydrogen) atoms. The van der Waals surface area contributed by atoms with E-state index < -0.39 is 5.82 Å². The topological polar surface area (TPSA) is 60.5 Å². The van der Waals surface area contributed by atoms with Gasteiger partial charge in [-0.15, -0.1) is 0 Å². The summed E-state index contributed by atoms with van der Waals surface area (Å²) in [7, 11) is 3.02. The number of pyridine rings is 1. The van der Waals surface area contributed by atoms with E-state index >= 15 is 0 Å². The summed E-state index contributed by atoms with van der Waals surface area (Å²) < 4.78 is 25.1. The number of methoxy groups -OCH3 is 1. The van der Waals surface area contributed by atoms with Gasteiger partial charge in [0.05, 0.1) is 18.2 Å². The third-order valence-electron chi connectivity index (χ3n) is 3.80. The van der Waals surface area contributed by atoms with Crippen LogP contribution in [0.2, 0.25) is 0 Å². The normalized spacial score (nSPS) is 10.6. The first-order valence-corrected chi connectivity index (χ1v) is 7.66. The summed E-state index contributed by atoms with van der Waals surface area (Å²) in [5, 5.41) is 3.15. The average Bonchev–Trinajstić information content (AvgIpc) is 2.62. The molecular weight excluding hydrogens is 323 g/mol. The van der Waals surface area contributed by atoms with E-state index in [2.05, 4.69) is 10.3 Å². The molecule has 3 rings (SSSR count). The highest BCUT2D eigenvalue weighted by Crippen LogP contribution is 2.34. The van der Waals surface area contributed by atoms with Crippen LogP contribution in [0.3, 0.4) is 0 Å². The highest BCUT2D eigenvalue weighted by Gasteiger charge is 2.16. The highest BCUT2D eigenvalue weighted by molar-refractivity contribution is 6.02. The van der Waals surface area contributed by atoms with Crippen molar-refractivity contribution in [3.63, 3.8) is 0 Å². The summed E-state index contributed by atoms with van der Waals surface area (Å²) in [5.74, 6) is 0.161. The van der Waals surface area contributed by atoms with Gasteiger partial charge in [-0.25, -0.2) is 4.39 Å². The van der Waals surface area contributed by atoms with Crippen molar-refractivity contribution in [1.82, 2.24) is 10.3 Å². The van der Waals surface area contributed by atoms with Gasteiger partial charge in [-0.1, -0.05) is 6.07 Å². The predicted molar refractivity (Wildman–Crippen MR) is 92.9 cm³/mol. The second kappa shape index (κ2) is 6.76. The molecule has 0 atom stereocenters. The number of amides is 1. The quantitative estimate of drug-likeness (QED) is 0.784. The van der Waals surface area contributed by atoms with Crippen LogP contribution in [0.5, 0.6) is 17.2 Å². The average molecular weight is 340 g/mol. The molecule has 128 valence electrons. The number of carbonyl (C=O) groups excluding carboxylic acids is 1. The van der Waals surface area contributed by atoms with Gasteiger partial charge in [0, 0.05) is 24.7 Å². The van der Waals surface area contributed by atoms with Crippen molar-refractivity contribution in [1.29, 1.82) is 0 Å². The molecule has 1 amide bonds. The smallest absolute Gasteiger partial charge is 0.254 e. The molecular formula is C19H17FN2O3. The Morgan fingerprint density at radius 1 is 1.12 bits per heavy atom. The maximum Gasteiger partial charge on any atom is 0.254 e. The number of aromatic nitrogens is 1. The standard InChI is InChI=1S/C19H17FN2O3/c1-11-4-5-17(14(20)8-11)25-16-6-7-22-15-10-18(24-3)13(9-12(15)16)19(23)21-2/h4-10H,1-3H3,(H,21,23). The lowest BCUT2D eigenvalue weighted by Crippen LogP contribution is -2.18. The zero-order valence-corrected chi connectivity index (χ0v) is 14.1. The third-order valence-corrected chi connectivity index (χ3v) is 3.80. The van der Waals surface area contributed by atoms with Crippen LogP contribution in [0.25, 0.3) is 10.9 Å². The van der Waals surface area contributed by atoms with Crippen LogP contribution < -0.4 is 14.8 Å². The van der Waals surface area contributed by atoms with Crippen molar-refractivity contribution in [3.05, 3.63) is 59.5 Å². The molecule has 0 aliphatic carbocycles. The van der Waals surface area contributed by atoms with Crippen LogP contribution in [0.15, 0.2) is 42.6 Å². The van der Waals surface area contributed by atoms with Gasteiger partial charge in [0.25, 0.3) is 5.91 Å². The number of aryl methyl sites for hydroxylation is 1. The van der Waals surface area contributed by atoms with Crippen molar-refractivity contribution in [2.45, 2.75) is 6.92 Å². The molecule has 5 nitrogen and oxygen atoms in total. The van der Waals surface area contributed by atoms with E-state index in [9.17, 15) is 9.18 Å². The van der Waals surface area contributed by atoms with Crippen LogP contribution in [0, 0.1) is 12.7 Å². The Labute approximate surface area is 144 Å². The molecule has 1 aromatic heterocycles. The van der Waals surface area contributed by atoms with Gasteiger partial charge in [-0.05, 0) is 36.8 Å². The molecule has 0 unspecified atom stereocenters. The molecule has 0 saturated carbocycles. The lowest BCUT2D eigenvalue weighted by Gasteiger charge is -2.13. The molecule has 0 aliphatic rings. The maximum atomic E-state index is 14.1. The lowest BCUT2D eigenvalue weighted by molar-refractivity contribution is 0.0960. The molecule has 3 aromatic rings. The number of nitrogens with one attached hydrogen (secondary N) is 1. The molecule has 1 N–H and O–H groups in total. The van der Waals surface area contributed by atoms with Crippen molar-refractivity contribution in [2.24, 2.45) is 0 Å². The third kappa shape index (κ3) is 3.24. The number of nitrogens with zero attached hydrogens (tertiary/aromatic N) is 1. The molecule has 0 radical (unpaired) electrons. The minimum absolute atomic E-state index is 0.107. The molecule has 0 saturated heterocycles. The number of carbonyl (C=O) groups is 1. The first kappa shape index (κ1) is 16.7. The summed E-state index contributed by atoms with van der Waals surface area (Å²) in [5.41, 5.74) is 1.73. The van der Waals surface area contributed by atoms with Gasteiger partial charge < -0.3 is 14.8 Å². The van der Waals surface area contributed by atoms with E-state index in [0.717, 1.165) is 5.56 Å². The molecule has 0 bridgehead atoms. The molecule has 2 aromatic carbocycles. The fourth-order valence-electron chi connectivity index (χ4n) is 2.53. The second-order valence-corrected chi connectivity index (χ2v) is 5.49. The number of hydrogen-bond donors (Lipinski definition) is 1. The molecule has 0 fully saturated rings. The Kier molecular flexibility index (Phi) is 4.52. The van der Waals surface area contributed by atoms with Gasteiger partial charge in [-0.2, -0.15) is 0 Å². The SMILES string of the molecule is CNC(=O)c1cc2c(Oc3ccc(C)cc3F)ccnc2cc1OC. The summed E-state index contributed by atoms with van der Waals surface area (Å²) in [6, 6.07) is 9.64. The predicted octanol–water partition coefficient (Wildman–Crippen LogP) is 3.84. The Morgan fingerprint density at radius 3 is 2.60 bits per heavy atom. The van der Waals surface area contributed by atoms with Gasteiger partial charge >= 0.3 is 0 Å². The van der Waals surface area contributed by atoms with E-state index in [1.54, 1.807) is 43.5 Å². The zero-order valence-electron chi connectivity index (χ0n) is 14.1. The van der Waals surface area contributed by atoms with Gasteiger partial charge in [0.2, 0.25) is 0 Å². The van der Waals surface area contributed by atoms with Crippen molar-refractivity contribution in [3.8, 4) is 17.2 Å². The van der Waals surface area contributed by atoms with Gasteiger partial charge in [-0.3, -0.25) is 9.78 Å². The summed E-state index contributed by atoms with van der Waals surface area (Å²) >= 11 is 0. The number of rotatable bonds is 4.